The van der Waals surface area contributed by atoms with Gasteiger partial charge >= 0.3 is 0 Å². The molecule has 0 amide bonds. The normalized spacial score (nSPS) is 11.8. The van der Waals surface area contributed by atoms with Crippen LogP contribution in [0.2, 0.25) is 0 Å². The van der Waals surface area contributed by atoms with Crippen molar-refractivity contribution < 1.29 is 9.45 Å². The van der Waals surface area contributed by atoms with Gasteiger partial charge in [0.05, 0.1) is 4.92 Å². The summed E-state index contributed by atoms with van der Waals surface area (Å²) in [6, 6.07) is 18.0. The van der Waals surface area contributed by atoms with Gasteiger partial charge in [0.25, 0.3) is 11.6 Å². The predicted octanol–water partition coefficient (Wildman–Crippen LogP) is 4.88. The Kier molecular flexibility index (Phi) is 4.98. The molecule has 0 saturated carbocycles. The summed E-state index contributed by atoms with van der Waals surface area (Å²) in [6.45, 7) is 1.95. The number of nitro groups is 1. The molecule has 2 aromatic carbocycles. The van der Waals surface area contributed by atoms with Crippen molar-refractivity contribution in [1.29, 1.82) is 0 Å². The van der Waals surface area contributed by atoms with Gasteiger partial charge < -0.3 is 9.84 Å². The minimum atomic E-state index is -0.429. The monoisotopic (exact) mass is 387 g/mol. The SMILES string of the molecule is C[C@H](Nc1ccc(-c2nc(-c3cccnc3)no2)cc1[N+](=O)[O-])c1ccccc1. The maximum atomic E-state index is 11.6. The highest BCUT2D eigenvalue weighted by molar-refractivity contribution is 5.71. The number of rotatable bonds is 6. The number of pyridine rings is 1. The summed E-state index contributed by atoms with van der Waals surface area (Å²) in [5.74, 6) is 0.574. The Labute approximate surface area is 166 Å². The average Bonchev–Trinajstić information content (AvgIpc) is 3.25. The summed E-state index contributed by atoms with van der Waals surface area (Å²) in [5, 5.41) is 18.8. The van der Waals surface area contributed by atoms with Crippen molar-refractivity contribution in [3.05, 3.63) is 88.7 Å². The van der Waals surface area contributed by atoms with Crippen molar-refractivity contribution in [2.75, 3.05) is 5.32 Å². The van der Waals surface area contributed by atoms with E-state index in [4.69, 9.17) is 4.52 Å². The largest absolute Gasteiger partial charge is 0.373 e. The number of nitrogens with zero attached hydrogens (tertiary/aromatic N) is 4. The van der Waals surface area contributed by atoms with Crippen LogP contribution in [0.25, 0.3) is 22.8 Å². The lowest BCUT2D eigenvalue weighted by molar-refractivity contribution is -0.383. The number of anilines is 1. The second-order valence-corrected chi connectivity index (χ2v) is 6.43. The zero-order valence-corrected chi connectivity index (χ0v) is 15.5. The molecule has 4 rings (SSSR count). The Bertz CT molecular complexity index is 1130. The van der Waals surface area contributed by atoms with Crippen molar-refractivity contribution in [1.82, 2.24) is 15.1 Å². The van der Waals surface area contributed by atoms with E-state index < -0.39 is 4.92 Å². The number of nitro benzene ring substituents is 1. The van der Waals surface area contributed by atoms with Crippen LogP contribution >= 0.6 is 0 Å². The summed E-state index contributed by atoms with van der Waals surface area (Å²) in [6.07, 6.45) is 3.27. The van der Waals surface area contributed by atoms with Gasteiger partial charge in [0.1, 0.15) is 5.69 Å². The van der Waals surface area contributed by atoms with Crippen LogP contribution in [-0.2, 0) is 0 Å². The fourth-order valence-corrected chi connectivity index (χ4v) is 2.95. The smallest absolute Gasteiger partial charge is 0.293 e. The van der Waals surface area contributed by atoms with Gasteiger partial charge in [-0.05, 0) is 36.8 Å². The standard InChI is InChI=1S/C21H17N5O3/c1-14(15-6-3-2-4-7-15)23-18-10-9-16(12-19(18)26(27)28)21-24-20(25-29-21)17-8-5-11-22-13-17/h2-14,23H,1H3/t14-/m0/s1. The van der Waals surface area contributed by atoms with E-state index in [2.05, 4.69) is 20.4 Å². The molecule has 0 fully saturated rings. The van der Waals surface area contributed by atoms with E-state index in [1.165, 1.54) is 6.07 Å². The summed E-state index contributed by atoms with van der Waals surface area (Å²) in [7, 11) is 0. The number of aromatic nitrogens is 3. The third-order valence-electron chi connectivity index (χ3n) is 4.46. The Balaban J connectivity index is 1.63. The molecule has 0 aliphatic rings. The van der Waals surface area contributed by atoms with Crippen molar-refractivity contribution >= 4 is 11.4 Å². The summed E-state index contributed by atoms with van der Waals surface area (Å²) in [4.78, 5) is 19.6. The van der Waals surface area contributed by atoms with E-state index in [1.54, 1.807) is 30.6 Å². The fourth-order valence-electron chi connectivity index (χ4n) is 2.95. The first-order valence-electron chi connectivity index (χ1n) is 8.96. The second kappa shape index (κ2) is 7.89. The third kappa shape index (κ3) is 3.96. The van der Waals surface area contributed by atoms with Crippen LogP contribution in [-0.4, -0.2) is 20.0 Å². The highest BCUT2D eigenvalue weighted by atomic mass is 16.6. The number of hydrogen-bond donors (Lipinski definition) is 1. The molecule has 2 aromatic heterocycles. The molecule has 4 aromatic rings. The van der Waals surface area contributed by atoms with E-state index in [0.717, 1.165) is 5.56 Å². The Hall–Kier alpha value is -4.07. The molecule has 1 atom stereocenters. The van der Waals surface area contributed by atoms with Crippen LogP contribution in [0.3, 0.4) is 0 Å². The Morgan fingerprint density at radius 3 is 2.62 bits per heavy atom. The maximum Gasteiger partial charge on any atom is 0.293 e. The molecule has 29 heavy (non-hydrogen) atoms. The number of nitrogens with one attached hydrogen (secondary N) is 1. The third-order valence-corrected chi connectivity index (χ3v) is 4.46. The molecule has 0 spiro atoms. The van der Waals surface area contributed by atoms with Crippen LogP contribution in [0.4, 0.5) is 11.4 Å². The molecular formula is C21H17N5O3. The minimum absolute atomic E-state index is 0.0635. The first kappa shape index (κ1) is 18.3. The summed E-state index contributed by atoms with van der Waals surface area (Å²) >= 11 is 0. The van der Waals surface area contributed by atoms with Gasteiger partial charge in [-0.2, -0.15) is 4.98 Å². The van der Waals surface area contributed by atoms with Gasteiger partial charge in [-0.3, -0.25) is 15.1 Å². The maximum absolute atomic E-state index is 11.6. The molecule has 1 N–H and O–H groups in total. The van der Waals surface area contributed by atoms with E-state index >= 15 is 0 Å². The van der Waals surface area contributed by atoms with Crippen molar-refractivity contribution in [2.45, 2.75) is 13.0 Å². The van der Waals surface area contributed by atoms with Gasteiger partial charge in [-0.25, -0.2) is 0 Å². The van der Waals surface area contributed by atoms with Gasteiger partial charge in [-0.15, -0.1) is 0 Å². The van der Waals surface area contributed by atoms with E-state index in [-0.39, 0.29) is 17.6 Å². The highest BCUT2D eigenvalue weighted by Gasteiger charge is 2.20. The molecule has 8 heteroatoms. The zero-order valence-electron chi connectivity index (χ0n) is 15.5. The first-order chi connectivity index (χ1) is 14.1. The quantitative estimate of drug-likeness (QED) is 0.371. The van der Waals surface area contributed by atoms with Crippen molar-refractivity contribution in [2.24, 2.45) is 0 Å². The van der Waals surface area contributed by atoms with Crippen LogP contribution in [0.5, 0.6) is 0 Å². The summed E-state index contributed by atoms with van der Waals surface area (Å²) < 4.78 is 5.30. The zero-order chi connectivity index (χ0) is 20.2. The fraction of sp³-hybridized carbons (Fsp3) is 0.0952. The van der Waals surface area contributed by atoms with Gasteiger partial charge in [0, 0.05) is 35.6 Å². The van der Waals surface area contributed by atoms with Crippen LogP contribution in [0, 0.1) is 10.1 Å². The topological polar surface area (TPSA) is 107 Å². The van der Waals surface area contributed by atoms with Crippen LogP contribution < -0.4 is 5.32 Å². The lowest BCUT2D eigenvalue weighted by Gasteiger charge is -2.16. The highest BCUT2D eigenvalue weighted by Crippen LogP contribution is 2.33. The molecule has 0 aliphatic carbocycles. The molecule has 2 heterocycles. The number of hydrogen-bond acceptors (Lipinski definition) is 7. The van der Waals surface area contributed by atoms with Crippen molar-refractivity contribution in [3.8, 4) is 22.8 Å². The Morgan fingerprint density at radius 1 is 1.07 bits per heavy atom. The van der Waals surface area contributed by atoms with E-state index in [9.17, 15) is 10.1 Å². The minimum Gasteiger partial charge on any atom is -0.373 e. The second-order valence-electron chi connectivity index (χ2n) is 6.43. The first-order valence-corrected chi connectivity index (χ1v) is 8.96. The van der Waals surface area contributed by atoms with Gasteiger partial charge in [-0.1, -0.05) is 35.5 Å². The molecule has 8 nitrogen and oxygen atoms in total. The Morgan fingerprint density at radius 2 is 1.90 bits per heavy atom. The number of benzene rings is 2. The van der Waals surface area contributed by atoms with Crippen LogP contribution in [0.1, 0.15) is 18.5 Å². The lowest BCUT2D eigenvalue weighted by atomic mass is 10.1. The predicted molar refractivity (Wildman–Crippen MR) is 108 cm³/mol. The lowest BCUT2D eigenvalue weighted by Crippen LogP contribution is -2.08. The molecular weight excluding hydrogens is 370 g/mol. The van der Waals surface area contributed by atoms with Crippen LogP contribution in [0.15, 0.2) is 77.6 Å². The molecule has 0 bridgehead atoms. The molecule has 0 saturated heterocycles. The van der Waals surface area contributed by atoms with E-state index in [0.29, 0.717) is 22.6 Å². The van der Waals surface area contributed by atoms with Gasteiger partial charge in [0.2, 0.25) is 5.82 Å². The van der Waals surface area contributed by atoms with Crippen molar-refractivity contribution in [3.63, 3.8) is 0 Å². The molecule has 0 aliphatic heterocycles. The molecule has 0 unspecified atom stereocenters. The average molecular weight is 387 g/mol. The molecule has 144 valence electrons. The van der Waals surface area contributed by atoms with Gasteiger partial charge in [0.15, 0.2) is 0 Å². The summed E-state index contributed by atoms with van der Waals surface area (Å²) in [5.41, 5.74) is 2.56. The molecule has 0 radical (unpaired) electrons. The van der Waals surface area contributed by atoms with E-state index in [1.807, 2.05) is 43.3 Å².